The summed E-state index contributed by atoms with van der Waals surface area (Å²) < 4.78 is 19.0. The minimum Gasteiger partial charge on any atom is -0.463 e. The van der Waals surface area contributed by atoms with Crippen molar-refractivity contribution in [1.29, 1.82) is 0 Å². The van der Waals surface area contributed by atoms with E-state index in [1.54, 1.807) is 6.07 Å². The second-order valence-corrected chi connectivity index (χ2v) is 4.39. The molecule has 2 aromatic rings. The number of para-hydroxylation sites is 1. The smallest absolute Gasteiger partial charge is 0.323 e. The maximum atomic E-state index is 13.7. The van der Waals surface area contributed by atoms with Crippen molar-refractivity contribution in [2.24, 2.45) is 5.84 Å². The van der Waals surface area contributed by atoms with Gasteiger partial charge < -0.3 is 10.1 Å². The fourth-order valence-corrected chi connectivity index (χ4v) is 1.67. The largest absolute Gasteiger partial charge is 0.463 e. The number of nitrogen functional groups attached to an aromatic ring is 1. The van der Waals surface area contributed by atoms with E-state index in [9.17, 15) is 4.39 Å². The van der Waals surface area contributed by atoms with Gasteiger partial charge in [0.2, 0.25) is 11.9 Å². The Kier molecular flexibility index (Phi) is 5.07. The van der Waals surface area contributed by atoms with Crippen molar-refractivity contribution >= 4 is 29.2 Å². The number of benzene rings is 1. The molecule has 0 radical (unpaired) electrons. The maximum absolute atomic E-state index is 13.7. The van der Waals surface area contributed by atoms with E-state index in [-0.39, 0.29) is 28.6 Å². The van der Waals surface area contributed by atoms with Gasteiger partial charge in [0.05, 0.1) is 17.3 Å². The first kappa shape index (κ1) is 15.2. The van der Waals surface area contributed by atoms with Crippen molar-refractivity contribution in [2.75, 3.05) is 17.3 Å². The standard InChI is InChI=1S/C12H14ClFN6O/c1-2-6-21-12-18-10(17-11(19-12)20-15)16-9-7(13)4-3-5-8(9)14/h3-5H,2,6,15H2,1H3,(H2,16,17,18,19,20). The molecule has 2 rings (SSSR count). The second-order valence-electron chi connectivity index (χ2n) is 3.98. The van der Waals surface area contributed by atoms with E-state index in [1.165, 1.54) is 12.1 Å². The molecule has 1 aromatic carbocycles. The van der Waals surface area contributed by atoms with Crippen LogP contribution in [0.5, 0.6) is 6.01 Å². The number of nitrogens with zero attached hydrogens (tertiary/aromatic N) is 3. The number of hydrogen-bond donors (Lipinski definition) is 3. The summed E-state index contributed by atoms with van der Waals surface area (Å²) in [5.41, 5.74) is 2.35. The molecule has 7 nitrogen and oxygen atoms in total. The van der Waals surface area contributed by atoms with E-state index in [4.69, 9.17) is 22.2 Å². The quantitative estimate of drug-likeness (QED) is 0.556. The zero-order chi connectivity index (χ0) is 15.2. The molecular weight excluding hydrogens is 299 g/mol. The molecule has 1 heterocycles. The van der Waals surface area contributed by atoms with E-state index in [2.05, 4.69) is 25.7 Å². The zero-order valence-corrected chi connectivity index (χ0v) is 12.0. The Labute approximate surface area is 125 Å². The third kappa shape index (κ3) is 3.89. The lowest BCUT2D eigenvalue weighted by molar-refractivity contribution is 0.292. The molecule has 4 N–H and O–H groups in total. The highest BCUT2D eigenvalue weighted by Crippen LogP contribution is 2.27. The normalized spacial score (nSPS) is 10.3. The van der Waals surface area contributed by atoms with Crippen LogP contribution in [0.3, 0.4) is 0 Å². The Morgan fingerprint density at radius 1 is 1.29 bits per heavy atom. The van der Waals surface area contributed by atoms with Crippen LogP contribution in [-0.4, -0.2) is 21.6 Å². The Morgan fingerprint density at radius 2 is 2.05 bits per heavy atom. The molecule has 0 saturated heterocycles. The molecule has 0 atom stereocenters. The topological polar surface area (TPSA) is 98.0 Å². The number of halogens is 2. The third-order valence-corrected chi connectivity index (χ3v) is 2.69. The molecule has 1 aromatic heterocycles. The minimum atomic E-state index is -0.527. The molecule has 9 heteroatoms. The van der Waals surface area contributed by atoms with Crippen LogP contribution in [0, 0.1) is 5.82 Å². The Hall–Kier alpha value is -2.19. The van der Waals surface area contributed by atoms with Gasteiger partial charge in [-0.1, -0.05) is 24.6 Å². The van der Waals surface area contributed by atoms with Gasteiger partial charge in [-0.2, -0.15) is 15.0 Å². The van der Waals surface area contributed by atoms with Gasteiger partial charge in [-0.3, -0.25) is 5.43 Å². The molecular formula is C12H14ClFN6O. The van der Waals surface area contributed by atoms with Crippen LogP contribution in [0.15, 0.2) is 18.2 Å². The van der Waals surface area contributed by atoms with Crippen molar-refractivity contribution in [3.05, 3.63) is 29.0 Å². The van der Waals surface area contributed by atoms with Gasteiger partial charge in [0.15, 0.2) is 0 Å². The molecule has 0 saturated carbocycles. The predicted octanol–water partition coefficient (Wildman–Crippen LogP) is 2.48. The second kappa shape index (κ2) is 7.00. The number of nitrogens with one attached hydrogen (secondary N) is 2. The lowest BCUT2D eigenvalue weighted by Crippen LogP contribution is -2.14. The average Bonchev–Trinajstić information content (AvgIpc) is 2.49. The molecule has 0 spiro atoms. The number of hydrazine groups is 1. The average molecular weight is 313 g/mol. The first-order valence-electron chi connectivity index (χ1n) is 6.20. The highest BCUT2D eigenvalue weighted by Gasteiger charge is 2.11. The van der Waals surface area contributed by atoms with Crippen LogP contribution in [0.4, 0.5) is 22.0 Å². The van der Waals surface area contributed by atoms with Gasteiger partial charge in [-0.25, -0.2) is 10.2 Å². The van der Waals surface area contributed by atoms with Crippen LogP contribution in [0.1, 0.15) is 13.3 Å². The minimum absolute atomic E-state index is 0.0646. The maximum Gasteiger partial charge on any atom is 0.323 e. The highest BCUT2D eigenvalue weighted by atomic mass is 35.5. The Morgan fingerprint density at radius 3 is 2.71 bits per heavy atom. The van der Waals surface area contributed by atoms with Gasteiger partial charge in [-0.15, -0.1) is 0 Å². The molecule has 0 unspecified atom stereocenters. The zero-order valence-electron chi connectivity index (χ0n) is 11.2. The summed E-state index contributed by atoms with van der Waals surface area (Å²) in [5.74, 6) is 4.91. The van der Waals surface area contributed by atoms with E-state index in [0.717, 1.165) is 6.42 Å². The van der Waals surface area contributed by atoms with Crippen molar-refractivity contribution in [3.63, 3.8) is 0 Å². The predicted molar refractivity (Wildman–Crippen MR) is 78.1 cm³/mol. The van der Waals surface area contributed by atoms with Crippen molar-refractivity contribution < 1.29 is 9.13 Å². The van der Waals surface area contributed by atoms with Crippen LogP contribution in [0.25, 0.3) is 0 Å². The van der Waals surface area contributed by atoms with Crippen LogP contribution >= 0.6 is 11.6 Å². The lowest BCUT2D eigenvalue weighted by atomic mass is 10.3. The number of aromatic nitrogens is 3. The molecule has 0 aliphatic rings. The van der Waals surface area contributed by atoms with Crippen LogP contribution in [0.2, 0.25) is 5.02 Å². The fraction of sp³-hybridized carbons (Fsp3) is 0.250. The van der Waals surface area contributed by atoms with Crippen molar-refractivity contribution in [1.82, 2.24) is 15.0 Å². The highest BCUT2D eigenvalue weighted by molar-refractivity contribution is 6.33. The molecule has 0 bridgehead atoms. The number of anilines is 3. The molecule has 21 heavy (non-hydrogen) atoms. The lowest BCUT2D eigenvalue weighted by Gasteiger charge is -2.10. The number of rotatable bonds is 6. The van der Waals surface area contributed by atoms with E-state index in [1.807, 2.05) is 6.92 Å². The Balaban J connectivity index is 2.30. The number of nitrogens with two attached hydrogens (primary N) is 1. The summed E-state index contributed by atoms with van der Waals surface area (Å²) in [4.78, 5) is 11.9. The van der Waals surface area contributed by atoms with Gasteiger partial charge in [0.1, 0.15) is 5.82 Å². The fourth-order valence-electron chi connectivity index (χ4n) is 1.46. The van der Waals surface area contributed by atoms with Gasteiger partial charge in [0.25, 0.3) is 0 Å². The molecule has 0 fully saturated rings. The van der Waals surface area contributed by atoms with E-state index >= 15 is 0 Å². The molecule has 112 valence electrons. The van der Waals surface area contributed by atoms with Gasteiger partial charge in [0, 0.05) is 0 Å². The van der Waals surface area contributed by atoms with Crippen LogP contribution in [-0.2, 0) is 0 Å². The Bertz CT molecular complexity index is 606. The van der Waals surface area contributed by atoms with E-state index < -0.39 is 5.82 Å². The van der Waals surface area contributed by atoms with Gasteiger partial charge in [-0.05, 0) is 18.6 Å². The number of ether oxygens (including phenoxy) is 1. The summed E-state index contributed by atoms with van der Waals surface area (Å²) in [6.07, 6.45) is 0.791. The third-order valence-electron chi connectivity index (χ3n) is 2.38. The first-order valence-corrected chi connectivity index (χ1v) is 6.58. The summed E-state index contributed by atoms with van der Waals surface area (Å²) >= 11 is 5.93. The number of hydrogen-bond acceptors (Lipinski definition) is 7. The summed E-state index contributed by atoms with van der Waals surface area (Å²) in [6.45, 7) is 2.38. The van der Waals surface area contributed by atoms with Crippen molar-refractivity contribution in [3.8, 4) is 6.01 Å². The summed E-state index contributed by atoms with van der Waals surface area (Å²) in [6, 6.07) is 4.39. The summed E-state index contributed by atoms with van der Waals surface area (Å²) in [5, 5.41) is 2.89. The first-order chi connectivity index (χ1) is 10.1. The molecule has 0 aliphatic heterocycles. The van der Waals surface area contributed by atoms with Gasteiger partial charge >= 0.3 is 6.01 Å². The molecule has 0 aliphatic carbocycles. The van der Waals surface area contributed by atoms with Crippen LogP contribution < -0.4 is 21.3 Å². The van der Waals surface area contributed by atoms with Crippen molar-refractivity contribution in [2.45, 2.75) is 13.3 Å². The SMILES string of the molecule is CCCOc1nc(NN)nc(Nc2c(F)cccc2Cl)n1. The monoisotopic (exact) mass is 312 g/mol. The molecule has 0 amide bonds. The summed E-state index contributed by atoms with van der Waals surface area (Å²) in [7, 11) is 0. The van der Waals surface area contributed by atoms with E-state index in [0.29, 0.717) is 6.61 Å².